The van der Waals surface area contributed by atoms with Gasteiger partial charge in [-0.05, 0) is 0 Å². The van der Waals surface area contributed by atoms with Crippen LogP contribution in [0.25, 0.3) is 0 Å². The molecule has 1 heterocycles. The Morgan fingerprint density at radius 1 is 0.786 bits per heavy atom. The number of hydrogen-bond acceptors (Lipinski definition) is 8. The van der Waals surface area contributed by atoms with Gasteiger partial charge in [-0.3, -0.25) is 0 Å². The summed E-state index contributed by atoms with van der Waals surface area (Å²) in [5, 5.41) is 16.7. The van der Waals surface area contributed by atoms with Crippen LogP contribution < -0.4 is 11.5 Å². The van der Waals surface area contributed by atoms with Crippen molar-refractivity contribution in [2.75, 3.05) is 24.6 Å². The minimum Gasteiger partial charge on any atom is -0.330 e. The van der Waals surface area contributed by atoms with E-state index < -0.39 is 0 Å². The van der Waals surface area contributed by atoms with Crippen LogP contribution in [0, 0.1) is 0 Å². The number of thioether (sulfide) groups is 2. The lowest BCUT2D eigenvalue weighted by molar-refractivity contribution is 0.665. The highest BCUT2D eigenvalue weighted by atomic mass is 32.2. The van der Waals surface area contributed by atoms with E-state index in [1.54, 1.807) is 0 Å². The summed E-state index contributed by atoms with van der Waals surface area (Å²) in [7, 11) is 0. The Balaban J connectivity index is 2.42. The number of rotatable bonds is 6. The Labute approximate surface area is 90.6 Å². The van der Waals surface area contributed by atoms with Crippen LogP contribution in [-0.4, -0.2) is 45.0 Å². The van der Waals surface area contributed by atoms with Gasteiger partial charge < -0.3 is 11.5 Å². The smallest absolute Gasteiger partial charge is 0.230 e. The summed E-state index contributed by atoms with van der Waals surface area (Å²) in [5.41, 5.74) is 10.7. The maximum Gasteiger partial charge on any atom is 0.230 e. The van der Waals surface area contributed by atoms with Crippen LogP contribution >= 0.6 is 23.5 Å². The minimum absolute atomic E-state index is 0.563. The van der Waals surface area contributed by atoms with Crippen molar-refractivity contribution in [2.45, 2.75) is 10.3 Å². The van der Waals surface area contributed by atoms with Crippen LogP contribution in [0.1, 0.15) is 0 Å². The van der Waals surface area contributed by atoms with E-state index in [1.165, 1.54) is 23.5 Å². The van der Waals surface area contributed by atoms with Crippen LogP contribution in [-0.2, 0) is 0 Å². The van der Waals surface area contributed by atoms with E-state index >= 15 is 0 Å². The zero-order chi connectivity index (χ0) is 10.2. The zero-order valence-corrected chi connectivity index (χ0v) is 9.22. The Kier molecular flexibility index (Phi) is 5.76. The molecule has 0 fully saturated rings. The van der Waals surface area contributed by atoms with Crippen molar-refractivity contribution < 1.29 is 0 Å². The number of hydrogen-bond donors (Lipinski definition) is 2. The van der Waals surface area contributed by atoms with Gasteiger partial charge in [0, 0.05) is 24.6 Å². The lowest BCUT2D eigenvalue weighted by atomic mass is 10.8. The molecule has 78 valence electrons. The van der Waals surface area contributed by atoms with Gasteiger partial charge in [-0.15, -0.1) is 20.4 Å². The second-order valence-corrected chi connectivity index (χ2v) is 4.36. The first kappa shape index (κ1) is 11.6. The molecule has 0 atom stereocenters. The predicted molar refractivity (Wildman–Crippen MR) is 57.2 cm³/mol. The third-order valence-electron chi connectivity index (χ3n) is 1.14. The van der Waals surface area contributed by atoms with Crippen LogP contribution in [0.15, 0.2) is 10.3 Å². The van der Waals surface area contributed by atoms with Crippen LogP contribution in [0.4, 0.5) is 0 Å². The highest BCUT2D eigenvalue weighted by Gasteiger charge is 2.01. The predicted octanol–water partition coefficient (Wildman–Crippen LogP) is -0.632. The fourth-order valence-electron chi connectivity index (χ4n) is 0.627. The molecule has 0 spiro atoms. The molecule has 0 saturated heterocycles. The van der Waals surface area contributed by atoms with E-state index in [9.17, 15) is 0 Å². The third-order valence-corrected chi connectivity index (χ3v) is 2.86. The molecule has 1 aromatic heterocycles. The van der Waals surface area contributed by atoms with Crippen molar-refractivity contribution >= 4 is 23.5 Å². The molecule has 1 aromatic rings. The lowest BCUT2D eigenvalue weighted by Crippen LogP contribution is -2.05. The van der Waals surface area contributed by atoms with Gasteiger partial charge in [-0.2, -0.15) is 0 Å². The highest BCUT2D eigenvalue weighted by Crippen LogP contribution is 2.12. The SMILES string of the molecule is NCCSc1nnc(SCCN)nn1. The van der Waals surface area contributed by atoms with E-state index in [-0.39, 0.29) is 0 Å². The van der Waals surface area contributed by atoms with Crippen molar-refractivity contribution in [3.63, 3.8) is 0 Å². The van der Waals surface area contributed by atoms with E-state index in [0.29, 0.717) is 23.4 Å². The molecule has 0 saturated carbocycles. The molecule has 0 aliphatic carbocycles. The van der Waals surface area contributed by atoms with E-state index in [1.807, 2.05) is 0 Å². The van der Waals surface area contributed by atoms with Gasteiger partial charge in [-0.1, -0.05) is 23.5 Å². The highest BCUT2D eigenvalue weighted by molar-refractivity contribution is 7.99. The molecule has 0 aromatic carbocycles. The monoisotopic (exact) mass is 232 g/mol. The Bertz CT molecular complexity index is 226. The molecule has 0 bridgehead atoms. The van der Waals surface area contributed by atoms with Crippen LogP contribution in [0.5, 0.6) is 0 Å². The summed E-state index contributed by atoms with van der Waals surface area (Å²) in [6, 6.07) is 0. The first-order valence-corrected chi connectivity index (χ1v) is 6.07. The average Bonchev–Trinajstić information content (AvgIpc) is 2.25. The lowest BCUT2D eigenvalue weighted by Gasteiger charge is -1.97. The second kappa shape index (κ2) is 6.93. The van der Waals surface area contributed by atoms with Crippen molar-refractivity contribution in [1.82, 2.24) is 20.4 Å². The van der Waals surface area contributed by atoms with Crippen molar-refractivity contribution in [3.05, 3.63) is 0 Å². The normalized spacial score (nSPS) is 10.4. The molecule has 0 aliphatic heterocycles. The average molecular weight is 232 g/mol. The van der Waals surface area contributed by atoms with Gasteiger partial charge in [0.2, 0.25) is 10.3 Å². The zero-order valence-electron chi connectivity index (χ0n) is 7.59. The summed E-state index contributed by atoms with van der Waals surface area (Å²) < 4.78 is 0. The second-order valence-electron chi connectivity index (χ2n) is 2.24. The van der Waals surface area contributed by atoms with Gasteiger partial charge in [0.1, 0.15) is 0 Å². The quantitative estimate of drug-likeness (QED) is 0.625. The first-order valence-electron chi connectivity index (χ1n) is 4.10. The van der Waals surface area contributed by atoms with Gasteiger partial charge >= 0.3 is 0 Å². The first-order chi connectivity index (χ1) is 6.86. The van der Waals surface area contributed by atoms with E-state index in [2.05, 4.69) is 20.4 Å². The number of nitrogens with zero attached hydrogens (tertiary/aromatic N) is 4. The summed E-state index contributed by atoms with van der Waals surface area (Å²) >= 11 is 2.89. The fraction of sp³-hybridized carbons (Fsp3) is 0.667. The topological polar surface area (TPSA) is 104 Å². The third kappa shape index (κ3) is 4.18. The fourth-order valence-corrected chi connectivity index (χ4v) is 1.62. The van der Waals surface area contributed by atoms with Gasteiger partial charge in [-0.25, -0.2) is 0 Å². The van der Waals surface area contributed by atoms with Gasteiger partial charge in [0.05, 0.1) is 0 Å². The molecule has 0 aliphatic rings. The largest absolute Gasteiger partial charge is 0.330 e. The van der Waals surface area contributed by atoms with Crippen LogP contribution in [0.2, 0.25) is 0 Å². The molecule has 0 unspecified atom stereocenters. The summed E-state index contributed by atoms with van der Waals surface area (Å²) in [6.07, 6.45) is 0. The maximum absolute atomic E-state index is 5.34. The Morgan fingerprint density at radius 2 is 1.14 bits per heavy atom. The standard InChI is InChI=1S/C6H12N6S2/c7-1-3-13-5-9-11-6(12-10-5)14-4-2-8/h1-4,7-8H2. The molecule has 8 heteroatoms. The van der Waals surface area contributed by atoms with Gasteiger partial charge in [0.25, 0.3) is 0 Å². The van der Waals surface area contributed by atoms with Crippen molar-refractivity contribution in [1.29, 1.82) is 0 Å². The molecule has 14 heavy (non-hydrogen) atoms. The molecule has 4 N–H and O–H groups in total. The van der Waals surface area contributed by atoms with Crippen molar-refractivity contribution in [3.8, 4) is 0 Å². The molecule has 6 nitrogen and oxygen atoms in total. The summed E-state index contributed by atoms with van der Waals surface area (Å²) in [5.74, 6) is 1.55. The molecular formula is C6H12N6S2. The molecule has 0 radical (unpaired) electrons. The summed E-state index contributed by atoms with van der Waals surface area (Å²) in [4.78, 5) is 0. The number of aromatic nitrogens is 4. The maximum atomic E-state index is 5.34. The Morgan fingerprint density at radius 3 is 1.43 bits per heavy atom. The molecule has 0 amide bonds. The van der Waals surface area contributed by atoms with Crippen LogP contribution in [0.3, 0.4) is 0 Å². The molecule has 1 rings (SSSR count). The van der Waals surface area contributed by atoms with E-state index in [0.717, 1.165) is 11.5 Å². The molecular weight excluding hydrogens is 220 g/mol. The van der Waals surface area contributed by atoms with Crippen molar-refractivity contribution in [2.24, 2.45) is 11.5 Å². The minimum atomic E-state index is 0.563. The number of nitrogens with two attached hydrogens (primary N) is 2. The van der Waals surface area contributed by atoms with E-state index in [4.69, 9.17) is 11.5 Å². The Hall–Kier alpha value is -0.440. The summed E-state index contributed by atoms with van der Waals surface area (Å²) in [6.45, 7) is 1.19. The van der Waals surface area contributed by atoms with Gasteiger partial charge in [0.15, 0.2) is 0 Å².